The van der Waals surface area contributed by atoms with Gasteiger partial charge in [-0.3, -0.25) is 4.99 Å². The Hall–Kier alpha value is -1.92. The summed E-state index contributed by atoms with van der Waals surface area (Å²) in [6.07, 6.45) is 1.71. The van der Waals surface area contributed by atoms with E-state index in [1.54, 1.807) is 13.2 Å². The number of guanidine groups is 1. The molecule has 24 heavy (non-hydrogen) atoms. The van der Waals surface area contributed by atoms with E-state index in [9.17, 15) is 0 Å². The minimum Gasteiger partial charge on any atom is -0.478 e. The van der Waals surface area contributed by atoms with Crippen molar-refractivity contribution in [3.8, 4) is 5.88 Å². The molecule has 0 aliphatic rings. The Morgan fingerprint density at radius 1 is 1.33 bits per heavy atom. The second kappa shape index (κ2) is 8.80. The molecule has 2 aromatic rings. The number of nitrogens with one attached hydrogen (secondary N) is 2. The normalized spacial score (nSPS) is 11.5. The molecule has 0 aliphatic heterocycles. The summed E-state index contributed by atoms with van der Waals surface area (Å²) < 4.78 is 7.35. The highest BCUT2D eigenvalue weighted by molar-refractivity contribution is 6.41. The van der Waals surface area contributed by atoms with E-state index in [4.69, 9.17) is 27.9 Å². The van der Waals surface area contributed by atoms with Gasteiger partial charge in [-0.05, 0) is 19.1 Å². The molecule has 130 valence electrons. The maximum atomic E-state index is 6.07. The van der Waals surface area contributed by atoms with Crippen molar-refractivity contribution < 1.29 is 4.74 Å². The van der Waals surface area contributed by atoms with Crippen LogP contribution in [-0.2, 0) is 20.1 Å². The number of rotatable bonds is 6. The van der Waals surface area contributed by atoms with Crippen LogP contribution in [0.25, 0.3) is 0 Å². The molecule has 0 aliphatic carbocycles. The van der Waals surface area contributed by atoms with Crippen molar-refractivity contribution in [3.05, 3.63) is 45.8 Å². The predicted molar refractivity (Wildman–Crippen MR) is 97.9 cm³/mol. The number of halogens is 2. The van der Waals surface area contributed by atoms with Crippen LogP contribution in [0, 0.1) is 0 Å². The van der Waals surface area contributed by atoms with Crippen LogP contribution in [0.3, 0.4) is 0 Å². The number of aliphatic imine (C=N–C) groups is 1. The standard InChI is InChI=1S/C16H21Cl2N5O/c1-4-24-15-11(6-5-7-20-15)9-21-16(19-2)22-10-12-8-13(17)14(18)23(12)3/h5-8H,4,9-10H2,1-3H3,(H2,19,21,22). The molecular formula is C16H21Cl2N5O. The van der Waals surface area contributed by atoms with Gasteiger partial charge in [-0.15, -0.1) is 0 Å². The summed E-state index contributed by atoms with van der Waals surface area (Å²) in [6.45, 7) is 3.61. The van der Waals surface area contributed by atoms with Gasteiger partial charge in [0, 0.05) is 38.1 Å². The first-order chi connectivity index (χ1) is 11.6. The Labute approximate surface area is 151 Å². The quantitative estimate of drug-likeness (QED) is 0.606. The summed E-state index contributed by atoms with van der Waals surface area (Å²) in [6, 6.07) is 5.68. The first-order valence-corrected chi connectivity index (χ1v) is 8.33. The largest absolute Gasteiger partial charge is 0.478 e. The summed E-state index contributed by atoms with van der Waals surface area (Å²) >= 11 is 12.1. The molecule has 0 saturated heterocycles. The maximum Gasteiger partial charge on any atom is 0.218 e. The fraction of sp³-hybridized carbons (Fsp3) is 0.375. The Balaban J connectivity index is 1.95. The number of ether oxygens (including phenoxy) is 1. The molecule has 0 bridgehead atoms. The second-order valence-corrected chi connectivity index (χ2v) is 5.78. The molecule has 0 saturated carbocycles. The first-order valence-electron chi connectivity index (χ1n) is 7.57. The number of pyridine rings is 1. The van der Waals surface area contributed by atoms with Crippen LogP contribution in [0.5, 0.6) is 5.88 Å². The first kappa shape index (κ1) is 18.4. The molecule has 2 rings (SSSR count). The van der Waals surface area contributed by atoms with E-state index in [1.165, 1.54) is 0 Å². The van der Waals surface area contributed by atoms with Gasteiger partial charge < -0.3 is 19.9 Å². The van der Waals surface area contributed by atoms with Crippen LogP contribution in [0.15, 0.2) is 29.4 Å². The maximum absolute atomic E-state index is 6.07. The number of nitrogens with zero attached hydrogens (tertiary/aromatic N) is 3. The Morgan fingerprint density at radius 3 is 2.71 bits per heavy atom. The molecule has 0 aromatic carbocycles. The van der Waals surface area contributed by atoms with E-state index in [1.807, 2.05) is 36.7 Å². The van der Waals surface area contributed by atoms with Crippen molar-refractivity contribution in [2.45, 2.75) is 20.0 Å². The SMILES string of the molecule is CCOc1ncccc1CNC(=NC)NCc1cc(Cl)c(Cl)n1C. The molecule has 0 fully saturated rings. The van der Waals surface area contributed by atoms with E-state index in [0.717, 1.165) is 11.3 Å². The van der Waals surface area contributed by atoms with Gasteiger partial charge in [0.1, 0.15) is 5.15 Å². The number of aromatic nitrogens is 2. The monoisotopic (exact) mass is 369 g/mol. The van der Waals surface area contributed by atoms with Crippen LogP contribution in [-0.4, -0.2) is 29.2 Å². The second-order valence-electron chi connectivity index (χ2n) is 5.01. The minimum absolute atomic E-state index is 0.521. The third-order valence-corrected chi connectivity index (χ3v) is 4.30. The highest BCUT2D eigenvalue weighted by Crippen LogP contribution is 2.24. The van der Waals surface area contributed by atoms with E-state index < -0.39 is 0 Å². The smallest absolute Gasteiger partial charge is 0.218 e. The number of hydrogen-bond donors (Lipinski definition) is 2. The van der Waals surface area contributed by atoms with Crippen LogP contribution < -0.4 is 15.4 Å². The molecule has 0 amide bonds. The fourth-order valence-electron chi connectivity index (χ4n) is 2.16. The topological polar surface area (TPSA) is 63.5 Å². The van der Waals surface area contributed by atoms with Crippen LogP contribution in [0.4, 0.5) is 0 Å². The van der Waals surface area contributed by atoms with Gasteiger partial charge >= 0.3 is 0 Å². The summed E-state index contributed by atoms with van der Waals surface area (Å²) in [5.41, 5.74) is 1.93. The lowest BCUT2D eigenvalue weighted by molar-refractivity contribution is 0.322. The fourth-order valence-corrected chi connectivity index (χ4v) is 2.57. The summed E-state index contributed by atoms with van der Waals surface area (Å²) in [5.74, 6) is 1.29. The molecule has 6 nitrogen and oxygen atoms in total. The van der Waals surface area contributed by atoms with Crippen molar-refractivity contribution in [1.82, 2.24) is 20.2 Å². The minimum atomic E-state index is 0.521. The zero-order valence-corrected chi connectivity index (χ0v) is 15.4. The van der Waals surface area contributed by atoms with E-state index in [-0.39, 0.29) is 0 Å². The zero-order valence-electron chi connectivity index (χ0n) is 13.9. The lowest BCUT2D eigenvalue weighted by Crippen LogP contribution is -2.36. The highest BCUT2D eigenvalue weighted by atomic mass is 35.5. The third kappa shape index (κ3) is 4.55. The van der Waals surface area contributed by atoms with Gasteiger partial charge in [-0.1, -0.05) is 29.3 Å². The van der Waals surface area contributed by atoms with Gasteiger partial charge in [0.2, 0.25) is 5.88 Å². The lowest BCUT2D eigenvalue weighted by Gasteiger charge is -2.14. The van der Waals surface area contributed by atoms with Gasteiger partial charge in [0.15, 0.2) is 5.96 Å². The zero-order chi connectivity index (χ0) is 17.5. The summed E-state index contributed by atoms with van der Waals surface area (Å²) in [7, 11) is 3.58. The van der Waals surface area contributed by atoms with Crippen molar-refractivity contribution in [3.63, 3.8) is 0 Å². The molecule has 0 radical (unpaired) electrons. The lowest BCUT2D eigenvalue weighted by atomic mass is 10.2. The Morgan fingerprint density at radius 2 is 2.08 bits per heavy atom. The van der Waals surface area contributed by atoms with E-state index in [0.29, 0.717) is 41.7 Å². The van der Waals surface area contributed by atoms with Crippen molar-refractivity contribution in [1.29, 1.82) is 0 Å². The Bertz CT molecular complexity index is 714. The average Bonchev–Trinajstić information content (AvgIpc) is 2.83. The molecule has 2 N–H and O–H groups in total. The van der Waals surface area contributed by atoms with Crippen LogP contribution in [0.2, 0.25) is 10.2 Å². The Kier molecular flexibility index (Phi) is 6.75. The molecular weight excluding hydrogens is 349 g/mol. The van der Waals surface area contributed by atoms with Crippen LogP contribution >= 0.6 is 23.2 Å². The van der Waals surface area contributed by atoms with E-state index >= 15 is 0 Å². The summed E-state index contributed by atoms with van der Waals surface area (Å²) in [4.78, 5) is 8.45. The van der Waals surface area contributed by atoms with Gasteiger partial charge in [-0.2, -0.15) is 0 Å². The number of hydrogen-bond acceptors (Lipinski definition) is 3. The molecule has 0 spiro atoms. The third-order valence-electron chi connectivity index (χ3n) is 3.45. The average molecular weight is 370 g/mol. The van der Waals surface area contributed by atoms with Crippen molar-refractivity contribution in [2.24, 2.45) is 12.0 Å². The highest BCUT2D eigenvalue weighted by Gasteiger charge is 2.10. The van der Waals surface area contributed by atoms with Crippen LogP contribution in [0.1, 0.15) is 18.2 Å². The van der Waals surface area contributed by atoms with Gasteiger partial charge in [0.25, 0.3) is 0 Å². The van der Waals surface area contributed by atoms with Gasteiger partial charge in [-0.25, -0.2) is 4.98 Å². The van der Waals surface area contributed by atoms with E-state index in [2.05, 4.69) is 20.6 Å². The molecule has 2 heterocycles. The van der Waals surface area contributed by atoms with Gasteiger partial charge in [0.05, 0.1) is 18.2 Å². The molecule has 2 aromatic heterocycles. The molecule has 0 unspecified atom stereocenters. The predicted octanol–water partition coefficient (Wildman–Crippen LogP) is 2.99. The summed E-state index contributed by atoms with van der Waals surface area (Å²) in [5, 5.41) is 7.53. The molecule has 8 heteroatoms. The van der Waals surface area contributed by atoms with Crippen molar-refractivity contribution in [2.75, 3.05) is 13.7 Å². The molecule has 0 atom stereocenters. The van der Waals surface area contributed by atoms with Crippen molar-refractivity contribution >= 4 is 29.2 Å².